The van der Waals surface area contributed by atoms with E-state index in [1.54, 1.807) is 50.6 Å². The van der Waals surface area contributed by atoms with E-state index in [0.29, 0.717) is 35.0 Å². The van der Waals surface area contributed by atoms with Crippen LogP contribution >= 0.6 is 0 Å². The Labute approximate surface area is 305 Å². The lowest BCUT2D eigenvalue weighted by atomic mass is 10.1. The van der Waals surface area contributed by atoms with Crippen LogP contribution in [0.15, 0.2) is 67.0 Å². The van der Waals surface area contributed by atoms with E-state index >= 15 is 0 Å². The molecule has 0 fully saturated rings. The van der Waals surface area contributed by atoms with Crippen LogP contribution in [0.2, 0.25) is 0 Å². The Bertz CT molecular complexity index is 1330. The van der Waals surface area contributed by atoms with Gasteiger partial charge in [-0.15, -0.1) is 0 Å². The molecule has 0 saturated carbocycles. The van der Waals surface area contributed by atoms with Crippen LogP contribution in [0, 0.1) is 0 Å². The number of hydrogen-bond donors (Lipinski definition) is 0. The van der Waals surface area contributed by atoms with Crippen molar-refractivity contribution >= 4 is 12.0 Å². The van der Waals surface area contributed by atoms with Crippen molar-refractivity contribution in [3.05, 3.63) is 83.7 Å². The largest absolute Gasteiger partial charge is 1.00 e. The Hall–Kier alpha value is -3.34. The molecule has 0 bridgehead atoms. The highest BCUT2D eigenvalue weighted by atomic mass is 127. The van der Waals surface area contributed by atoms with Gasteiger partial charge in [0, 0.05) is 17.2 Å². The predicted octanol–water partition coefficient (Wildman–Crippen LogP) is 6.07. The Morgan fingerprint density at radius 1 is 0.729 bits per heavy atom. The number of halogens is 1. The third kappa shape index (κ3) is 14.0. The van der Waals surface area contributed by atoms with Gasteiger partial charge in [-0.2, -0.15) is 0 Å². The van der Waals surface area contributed by atoms with Gasteiger partial charge in [-0.05, 0) is 49.2 Å². The molecule has 0 saturated heterocycles. The second-order valence-electron chi connectivity index (χ2n) is 11.9. The number of ether oxygens (including phenoxy) is 4. The van der Waals surface area contributed by atoms with E-state index in [-0.39, 0.29) is 37.1 Å². The lowest BCUT2D eigenvalue weighted by molar-refractivity contribution is -0.694. The summed E-state index contributed by atoms with van der Waals surface area (Å²) in [5.41, 5.74) is 1.87. The van der Waals surface area contributed by atoms with Crippen molar-refractivity contribution in [3.63, 3.8) is 0 Å². The SMILES string of the molecule is CCCCCCCCCCCCCCOc1c(OC)cc(COC(=O)N(Cc2ccc[n+](CC)c2)C(=O)c2ccccc2)cc1OC.[I-]. The van der Waals surface area contributed by atoms with Crippen LogP contribution in [0.4, 0.5) is 4.79 Å². The first-order valence-electron chi connectivity index (χ1n) is 17.4. The van der Waals surface area contributed by atoms with Crippen molar-refractivity contribution < 1.29 is 57.1 Å². The third-order valence-corrected chi connectivity index (χ3v) is 8.24. The summed E-state index contributed by atoms with van der Waals surface area (Å²) < 4.78 is 25.1. The van der Waals surface area contributed by atoms with Crippen molar-refractivity contribution in [1.29, 1.82) is 0 Å². The average Bonchev–Trinajstić information content (AvgIpc) is 3.11. The van der Waals surface area contributed by atoms with E-state index in [1.165, 1.54) is 64.2 Å². The van der Waals surface area contributed by atoms with Gasteiger partial charge >= 0.3 is 6.09 Å². The van der Waals surface area contributed by atoms with Crippen LogP contribution in [0.25, 0.3) is 0 Å². The van der Waals surface area contributed by atoms with Gasteiger partial charge in [0.05, 0.1) is 27.4 Å². The van der Waals surface area contributed by atoms with Gasteiger partial charge in [0.25, 0.3) is 5.91 Å². The summed E-state index contributed by atoms with van der Waals surface area (Å²) >= 11 is 0. The fourth-order valence-corrected chi connectivity index (χ4v) is 5.50. The number of methoxy groups -OCH3 is 2. The molecular formula is C39H55IN2O6. The molecule has 0 aliphatic heterocycles. The lowest BCUT2D eigenvalue weighted by Crippen LogP contribution is -3.00. The Kier molecular flexibility index (Phi) is 20.3. The molecule has 8 nitrogen and oxygen atoms in total. The Morgan fingerprint density at radius 3 is 1.88 bits per heavy atom. The van der Waals surface area contributed by atoms with Crippen LogP contribution in [0.1, 0.15) is 112 Å². The van der Waals surface area contributed by atoms with Gasteiger partial charge in [-0.25, -0.2) is 14.3 Å². The first kappa shape index (κ1) is 40.8. The van der Waals surface area contributed by atoms with Crippen molar-refractivity contribution in [3.8, 4) is 17.2 Å². The van der Waals surface area contributed by atoms with Crippen molar-refractivity contribution in [2.75, 3.05) is 20.8 Å². The maximum absolute atomic E-state index is 13.4. The van der Waals surface area contributed by atoms with Crippen molar-refractivity contribution in [2.24, 2.45) is 0 Å². The van der Waals surface area contributed by atoms with E-state index < -0.39 is 12.0 Å². The van der Waals surface area contributed by atoms with Crippen molar-refractivity contribution in [1.82, 2.24) is 4.90 Å². The number of benzene rings is 2. The molecule has 3 rings (SSSR count). The number of unbranched alkanes of at least 4 members (excludes halogenated alkanes) is 11. The summed E-state index contributed by atoms with van der Waals surface area (Å²) in [5, 5.41) is 0. The molecule has 0 radical (unpaired) electrons. The monoisotopic (exact) mass is 774 g/mol. The van der Waals surface area contributed by atoms with Gasteiger partial charge in [-0.3, -0.25) is 4.79 Å². The molecule has 0 atom stereocenters. The smallest absolute Gasteiger partial charge is 0.417 e. The first-order valence-corrected chi connectivity index (χ1v) is 17.4. The van der Waals surface area contributed by atoms with Gasteiger partial charge in [0.2, 0.25) is 5.75 Å². The zero-order valence-corrected chi connectivity index (χ0v) is 31.5. The molecule has 1 aromatic heterocycles. The number of aromatic nitrogens is 1. The summed E-state index contributed by atoms with van der Waals surface area (Å²) in [6, 6.07) is 16.1. The third-order valence-electron chi connectivity index (χ3n) is 8.24. The highest BCUT2D eigenvalue weighted by molar-refractivity contribution is 6.02. The minimum atomic E-state index is -0.740. The van der Waals surface area contributed by atoms with Crippen LogP contribution in [-0.2, 0) is 24.4 Å². The fraction of sp³-hybridized carbons (Fsp3) is 0.513. The molecule has 0 spiro atoms. The van der Waals surface area contributed by atoms with Gasteiger partial charge in [0.15, 0.2) is 23.9 Å². The number of carbonyl (C=O) groups excluding carboxylic acids is 2. The van der Waals surface area contributed by atoms with Crippen molar-refractivity contribution in [2.45, 2.75) is 111 Å². The summed E-state index contributed by atoms with van der Waals surface area (Å²) in [4.78, 5) is 28.0. The molecular weight excluding hydrogens is 719 g/mol. The molecule has 3 aromatic rings. The molecule has 9 heteroatoms. The second kappa shape index (κ2) is 23.9. The van der Waals surface area contributed by atoms with Crippen LogP contribution in [-0.4, -0.2) is 37.7 Å². The number of amides is 2. The zero-order chi connectivity index (χ0) is 33.7. The Morgan fingerprint density at radius 2 is 1.31 bits per heavy atom. The number of imide groups is 1. The average molecular weight is 775 g/mol. The molecule has 0 unspecified atom stereocenters. The number of pyridine rings is 1. The number of carbonyl (C=O) groups is 2. The van der Waals surface area contributed by atoms with Crippen LogP contribution in [0.3, 0.4) is 0 Å². The summed E-state index contributed by atoms with van der Waals surface area (Å²) in [6.07, 6.45) is 18.5. The molecule has 0 aliphatic rings. The molecule has 2 amide bonds. The molecule has 1 heterocycles. The fourth-order valence-electron chi connectivity index (χ4n) is 5.50. The second-order valence-corrected chi connectivity index (χ2v) is 11.9. The molecule has 264 valence electrons. The molecule has 0 aliphatic carbocycles. The molecule has 48 heavy (non-hydrogen) atoms. The van der Waals surface area contributed by atoms with Gasteiger partial charge in [-0.1, -0.05) is 95.8 Å². The van der Waals surface area contributed by atoms with Crippen LogP contribution in [0.5, 0.6) is 17.2 Å². The summed E-state index contributed by atoms with van der Waals surface area (Å²) in [5.74, 6) is 1.10. The highest BCUT2D eigenvalue weighted by Crippen LogP contribution is 2.39. The van der Waals surface area contributed by atoms with E-state index in [2.05, 4.69) is 6.92 Å². The minimum absolute atomic E-state index is 0. The van der Waals surface area contributed by atoms with Crippen LogP contribution < -0.4 is 42.8 Å². The van der Waals surface area contributed by atoms with E-state index in [4.69, 9.17) is 18.9 Å². The number of aryl methyl sites for hydroxylation is 1. The quantitative estimate of drug-likeness (QED) is 0.0701. The molecule has 0 N–H and O–H groups in total. The van der Waals surface area contributed by atoms with Gasteiger partial charge in [0.1, 0.15) is 13.2 Å². The van der Waals surface area contributed by atoms with E-state index in [0.717, 1.165) is 29.8 Å². The summed E-state index contributed by atoms with van der Waals surface area (Å²) in [7, 11) is 3.15. The van der Waals surface area contributed by atoms with E-state index in [1.807, 2.05) is 42.1 Å². The standard InChI is InChI=1S/C39H55N2O6.HI/c1-5-7-8-9-10-11-12-13-14-15-16-20-26-46-37-35(44-3)27-33(28-36(37)45-4)31-47-39(43)41(38(42)34-23-18-17-19-24-34)30-32-22-21-25-40(6-2)29-32;/h17-19,21-25,27-29H,5-16,20,26,30-31H2,1-4H3;1H/q+1;/p-1. The number of rotatable bonds is 22. The number of hydrogen-bond acceptors (Lipinski definition) is 6. The predicted molar refractivity (Wildman–Crippen MR) is 185 cm³/mol. The maximum atomic E-state index is 13.4. The summed E-state index contributed by atoms with van der Waals surface area (Å²) in [6.45, 7) is 5.62. The normalized spacial score (nSPS) is 10.6. The minimum Gasteiger partial charge on any atom is -1.00 e. The molecule has 2 aromatic carbocycles. The highest BCUT2D eigenvalue weighted by Gasteiger charge is 2.26. The van der Waals surface area contributed by atoms with E-state index in [9.17, 15) is 9.59 Å². The zero-order valence-electron chi connectivity index (χ0n) is 29.4. The Balaban J connectivity index is 0.00000800. The maximum Gasteiger partial charge on any atom is 0.417 e. The van der Waals surface area contributed by atoms with Gasteiger partial charge < -0.3 is 42.9 Å². The number of nitrogens with zero attached hydrogens (tertiary/aromatic N) is 2. The first-order chi connectivity index (χ1) is 23.0. The lowest BCUT2D eigenvalue weighted by Gasteiger charge is -2.21. The topological polar surface area (TPSA) is 78.2 Å².